The average molecular weight is 265 g/mol. The van der Waals surface area contributed by atoms with Crippen molar-refractivity contribution in [2.24, 2.45) is 7.05 Å². The van der Waals surface area contributed by atoms with Gasteiger partial charge in [0.15, 0.2) is 0 Å². The highest BCUT2D eigenvalue weighted by Crippen LogP contribution is 2.26. The van der Waals surface area contributed by atoms with E-state index in [0.717, 1.165) is 22.8 Å². The van der Waals surface area contributed by atoms with Crippen molar-refractivity contribution in [2.45, 2.75) is 0 Å². The Morgan fingerprint density at radius 3 is 2.70 bits per heavy atom. The summed E-state index contributed by atoms with van der Waals surface area (Å²) in [6, 6.07) is 13.1. The molecule has 2 aromatic heterocycles. The van der Waals surface area contributed by atoms with Crippen LogP contribution < -0.4 is 10.5 Å². The highest BCUT2D eigenvalue weighted by Gasteiger charge is 2.04. The summed E-state index contributed by atoms with van der Waals surface area (Å²) < 4.78 is 7.79. The molecule has 3 aromatic rings. The molecule has 2 heterocycles. The van der Waals surface area contributed by atoms with Crippen molar-refractivity contribution >= 4 is 5.69 Å². The number of nitrogen functional groups attached to an aromatic ring is 1. The normalized spacial score (nSPS) is 10.4. The fourth-order valence-electron chi connectivity index (χ4n) is 2.00. The van der Waals surface area contributed by atoms with Gasteiger partial charge < -0.3 is 15.0 Å². The third-order valence-corrected chi connectivity index (χ3v) is 2.95. The third kappa shape index (κ3) is 2.64. The lowest BCUT2D eigenvalue weighted by Gasteiger charge is -2.07. The number of aryl methyl sites for hydroxylation is 1. The molecule has 4 heteroatoms. The quantitative estimate of drug-likeness (QED) is 0.738. The number of nitrogens with two attached hydrogens (primary N) is 1. The van der Waals surface area contributed by atoms with Crippen LogP contribution in [0.2, 0.25) is 0 Å². The number of ether oxygens (including phenoxy) is 1. The smallest absolute Gasteiger partial charge is 0.131 e. The van der Waals surface area contributed by atoms with Gasteiger partial charge in [-0.25, -0.2) is 0 Å². The minimum atomic E-state index is 0.680. The number of hydrogen-bond acceptors (Lipinski definition) is 3. The molecule has 0 radical (unpaired) electrons. The van der Waals surface area contributed by atoms with Crippen molar-refractivity contribution in [3.05, 3.63) is 61.1 Å². The highest BCUT2D eigenvalue weighted by atomic mass is 16.5. The fourth-order valence-corrected chi connectivity index (χ4v) is 2.00. The number of anilines is 1. The van der Waals surface area contributed by atoms with Gasteiger partial charge in [-0.3, -0.25) is 4.98 Å². The standard InChI is InChI=1S/C16H15N3O/c1-19-8-6-12(11-19)16-10-15(5-7-18-16)20-14-4-2-3-13(17)9-14/h2-11H,17H2,1H3. The molecule has 0 bridgehead atoms. The summed E-state index contributed by atoms with van der Waals surface area (Å²) in [4.78, 5) is 4.36. The molecule has 0 atom stereocenters. The Morgan fingerprint density at radius 1 is 1.10 bits per heavy atom. The maximum absolute atomic E-state index is 5.80. The van der Waals surface area contributed by atoms with Crippen LogP contribution in [-0.4, -0.2) is 9.55 Å². The molecule has 2 N–H and O–H groups in total. The number of nitrogens with zero attached hydrogens (tertiary/aromatic N) is 2. The molecular formula is C16H15N3O. The first-order valence-electron chi connectivity index (χ1n) is 6.32. The molecule has 0 spiro atoms. The molecular weight excluding hydrogens is 250 g/mol. The van der Waals surface area contributed by atoms with Crippen molar-refractivity contribution in [1.29, 1.82) is 0 Å². The number of pyridine rings is 1. The van der Waals surface area contributed by atoms with Crippen LogP contribution in [0.15, 0.2) is 61.1 Å². The van der Waals surface area contributed by atoms with Gasteiger partial charge in [0.1, 0.15) is 11.5 Å². The van der Waals surface area contributed by atoms with E-state index in [1.807, 2.05) is 60.4 Å². The van der Waals surface area contributed by atoms with Gasteiger partial charge in [-0.05, 0) is 24.3 Å². The van der Waals surface area contributed by atoms with Crippen LogP contribution >= 0.6 is 0 Å². The van der Waals surface area contributed by atoms with Gasteiger partial charge in [0.25, 0.3) is 0 Å². The van der Waals surface area contributed by atoms with Gasteiger partial charge in [-0.15, -0.1) is 0 Å². The lowest BCUT2D eigenvalue weighted by molar-refractivity contribution is 0.482. The van der Waals surface area contributed by atoms with Crippen LogP contribution in [-0.2, 0) is 7.05 Å². The second kappa shape index (κ2) is 5.09. The van der Waals surface area contributed by atoms with Gasteiger partial charge in [-0.2, -0.15) is 0 Å². The van der Waals surface area contributed by atoms with E-state index in [-0.39, 0.29) is 0 Å². The lowest BCUT2D eigenvalue weighted by Crippen LogP contribution is -1.89. The van der Waals surface area contributed by atoms with Gasteiger partial charge in [0, 0.05) is 49.0 Å². The summed E-state index contributed by atoms with van der Waals surface area (Å²) in [5, 5.41) is 0. The number of benzene rings is 1. The SMILES string of the molecule is Cn1ccc(-c2cc(Oc3cccc(N)c3)ccn2)c1. The van der Waals surface area contributed by atoms with Crippen molar-refractivity contribution in [3.8, 4) is 22.8 Å². The largest absolute Gasteiger partial charge is 0.457 e. The molecule has 0 aliphatic carbocycles. The molecule has 3 rings (SSSR count). The molecule has 1 aromatic carbocycles. The monoisotopic (exact) mass is 265 g/mol. The maximum Gasteiger partial charge on any atom is 0.131 e. The molecule has 0 aliphatic heterocycles. The molecule has 20 heavy (non-hydrogen) atoms. The van der Waals surface area contributed by atoms with Crippen molar-refractivity contribution < 1.29 is 4.74 Å². The van der Waals surface area contributed by atoms with E-state index in [2.05, 4.69) is 4.98 Å². The molecule has 0 unspecified atom stereocenters. The Balaban J connectivity index is 1.88. The molecule has 0 fully saturated rings. The summed E-state index contributed by atoms with van der Waals surface area (Å²) in [5.74, 6) is 1.46. The molecule has 0 amide bonds. The molecule has 4 nitrogen and oxygen atoms in total. The molecule has 100 valence electrons. The first-order valence-corrected chi connectivity index (χ1v) is 6.32. The number of rotatable bonds is 3. The fraction of sp³-hybridized carbons (Fsp3) is 0.0625. The van der Waals surface area contributed by atoms with Crippen molar-refractivity contribution in [1.82, 2.24) is 9.55 Å². The zero-order valence-corrected chi connectivity index (χ0v) is 11.2. The maximum atomic E-state index is 5.80. The van der Waals surface area contributed by atoms with E-state index in [9.17, 15) is 0 Å². The summed E-state index contributed by atoms with van der Waals surface area (Å²) in [7, 11) is 1.98. The van der Waals surface area contributed by atoms with Gasteiger partial charge in [0.05, 0.1) is 5.69 Å². The lowest BCUT2D eigenvalue weighted by atomic mass is 10.2. The Hall–Kier alpha value is -2.75. The Morgan fingerprint density at radius 2 is 1.95 bits per heavy atom. The predicted molar refractivity (Wildman–Crippen MR) is 79.6 cm³/mol. The second-order valence-electron chi connectivity index (χ2n) is 4.62. The number of aromatic nitrogens is 2. The van der Waals surface area contributed by atoms with E-state index < -0.39 is 0 Å². The minimum absolute atomic E-state index is 0.680. The van der Waals surface area contributed by atoms with E-state index in [1.165, 1.54) is 0 Å². The Kier molecular flexibility index (Phi) is 3.13. The van der Waals surface area contributed by atoms with Crippen molar-refractivity contribution in [2.75, 3.05) is 5.73 Å². The first-order chi connectivity index (χ1) is 9.70. The van der Waals surface area contributed by atoms with Crippen LogP contribution in [0.4, 0.5) is 5.69 Å². The van der Waals surface area contributed by atoms with Crippen LogP contribution in [0.1, 0.15) is 0 Å². The van der Waals surface area contributed by atoms with Crippen LogP contribution in [0.5, 0.6) is 11.5 Å². The van der Waals surface area contributed by atoms with Crippen LogP contribution in [0, 0.1) is 0 Å². The summed E-state index contributed by atoms with van der Waals surface area (Å²) in [5.41, 5.74) is 8.36. The van der Waals surface area contributed by atoms with Gasteiger partial charge in [0.2, 0.25) is 0 Å². The second-order valence-corrected chi connectivity index (χ2v) is 4.62. The molecule has 0 saturated heterocycles. The summed E-state index contributed by atoms with van der Waals surface area (Å²) in [6.45, 7) is 0. The van der Waals surface area contributed by atoms with E-state index >= 15 is 0 Å². The summed E-state index contributed by atoms with van der Waals surface area (Å²) >= 11 is 0. The topological polar surface area (TPSA) is 53.1 Å². The predicted octanol–water partition coefficient (Wildman–Crippen LogP) is 3.46. The Bertz CT molecular complexity index is 734. The average Bonchev–Trinajstić information content (AvgIpc) is 2.86. The van der Waals surface area contributed by atoms with Crippen molar-refractivity contribution in [3.63, 3.8) is 0 Å². The zero-order valence-electron chi connectivity index (χ0n) is 11.2. The molecule has 0 saturated carbocycles. The number of hydrogen-bond donors (Lipinski definition) is 1. The van der Waals surface area contributed by atoms with E-state index in [0.29, 0.717) is 5.69 Å². The summed E-state index contributed by atoms with van der Waals surface area (Å²) in [6.07, 6.45) is 5.75. The van der Waals surface area contributed by atoms with E-state index in [4.69, 9.17) is 10.5 Å². The van der Waals surface area contributed by atoms with Crippen LogP contribution in [0.25, 0.3) is 11.3 Å². The van der Waals surface area contributed by atoms with E-state index in [1.54, 1.807) is 12.3 Å². The Labute approximate surface area is 117 Å². The van der Waals surface area contributed by atoms with Gasteiger partial charge >= 0.3 is 0 Å². The zero-order chi connectivity index (χ0) is 13.9. The third-order valence-electron chi connectivity index (χ3n) is 2.95. The highest BCUT2D eigenvalue weighted by molar-refractivity contribution is 5.60. The first kappa shape index (κ1) is 12.3. The molecule has 0 aliphatic rings. The van der Waals surface area contributed by atoms with Gasteiger partial charge in [-0.1, -0.05) is 6.07 Å². The minimum Gasteiger partial charge on any atom is -0.457 e. The van der Waals surface area contributed by atoms with Crippen LogP contribution in [0.3, 0.4) is 0 Å².